The van der Waals surface area contributed by atoms with Crippen molar-refractivity contribution in [2.75, 3.05) is 6.61 Å². The molecule has 32 heavy (non-hydrogen) atoms. The van der Waals surface area contributed by atoms with Crippen LogP contribution in [0.2, 0.25) is 0 Å². The third-order valence-corrected chi connectivity index (χ3v) is 8.41. The first-order chi connectivity index (χ1) is 15.2. The fourth-order valence-electron chi connectivity index (χ4n) is 4.46. The minimum atomic E-state index is -3.96. The van der Waals surface area contributed by atoms with Crippen molar-refractivity contribution < 1.29 is 27.5 Å². The molecular weight excluding hydrogens is 430 g/mol. The highest BCUT2D eigenvalue weighted by Crippen LogP contribution is 2.35. The zero-order valence-electron chi connectivity index (χ0n) is 18.0. The minimum Gasteiger partial charge on any atom is -0.452 e. The number of fused-ring (bicyclic) bond motifs is 2. The summed E-state index contributed by atoms with van der Waals surface area (Å²) in [5.74, 6) is -0.773. The van der Waals surface area contributed by atoms with Gasteiger partial charge < -0.3 is 10.1 Å². The van der Waals surface area contributed by atoms with E-state index in [2.05, 4.69) is 19.2 Å². The van der Waals surface area contributed by atoms with E-state index < -0.39 is 28.2 Å². The Morgan fingerprint density at radius 2 is 1.75 bits per heavy atom. The zero-order valence-corrected chi connectivity index (χ0v) is 18.8. The van der Waals surface area contributed by atoms with E-state index in [1.165, 1.54) is 24.3 Å². The van der Waals surface area contributed by atoms with Gasteiger partial charge in [0.2, 0.25) is 9.84 Å². The van der Waals surface area contributed by atoms with Crippen LogP contribution < -0.4 is 5.32 Å². The van der Waals surface area contributed by atoms with Gasteiger partial charge in [0.15, 0.2) is 12.4 Å². The molecule has 1 N–H and O–H groups in total. The summed E-state index contributed by atoms with van der Waals surface area (Å²) in [6.45, 7) is 3.81. The molecule has 0 spiro atoms. The van der Waals surface area contributed by atoms with Gasteiger partial charge in [-0.05, 0) is 48.6 Å². The summed E-state index contributed by atoms with van der Waals surface area (Å²) >= 11 is 0. The summed E-state index contributed by atoms with van der Waals surface area (Å²) in [5, 5.41) is 2.93. The lowest BCUT2D eigenvalue weighted by Crippen LogP contribution is -2.45. The molecule has 1 amide bonds. The van der Waals surface area contributed by atoms with Gasteiger partial charge >= 0.3 is 5.97 Å². The number of nitrogens with one attached hydrogen (secondary N) is 1. The van der Waals surface area contributed by atoms with Crippen molar-refractivity contribution in [2.24, 2.45) is 11.8 Å². The number of ketones is 1. The van der Waals surface area contributed by atoms with E-state index in [0.29, 0.717) is 11.8 Å². The van der Waals surface area contributed by atoms with Crippen molar-refractivity contribution in [3.63, 3.8) is 0 Å². The number of benzene rings is 2. The molecule has 0 saturated heterocycles. The van der Waals surface area contributed by atoms with Crippen LogP contribution in [0.3, 0.4) is 0 Å². The standard InChI is InChI=1S/C24H25NO6S/c1-14-6-5-8-19(15(14)2)25-22(26)13-31-24(28)16-10-11-18-21(12-16)32(29,30)20-9-4-3-7-17(20)23(18)27/h3-4,7,9-12,14-15,19H,5-6,8,13H2,1-2H3,(H,25,26). The van der Waals surface area contributed by atoms with Gasteiger partial charge in [-0.1, -0.05) is 38.8 Å². The van der Waals surface area contributed by atoms with E-state index in [-0.39, 0.29) is 38.4 Å². The highest BCUT2D eigenvalue weighted by Gasteiger charge is 2.35. The maximum Gasteiger partial charge on any atom is 0.338 e. The first-order valence-electron chi connectivity index (χ1n) is 10.7. The van der Waals surface area contributed by atoms with Crippen LogP contribution in [0.1, 0.15) is 59.4 Å². The molecule has 1 aliphatic carbocycles. The fourth-order valence-corrected chi connectivity index (χ4v) is 6.14. The third-order valence-electron chi connectivity index (χ3n) is 6.56. The number of ether oxygens (including phenoxy) is 1. The number of amides is 1. The second kappa shape index (κ2) is 8.50. The average molecular weight is 456 g/mol. The number of esters is 1. The molecule has 2 aliphatic rings. The van der Waals surface area contributed by atoms with Gasteiger partial charge in [-0.25, -0.2) is 13.2 Å². The molecule has 8 heteroatoms. The Morgan fingerprint density at radius 1 is 1.03 bits per heavy atom. The number of rotatable bonds is 4. The fraction of sp³-hybridized carbons (Fsp3) is 0.375. The lowest BCUT2D eigenvalue weighted by Gasteiger charge is -2.34. The summed E-state index contributed by atoms with van der Waals surface area (Å²) in [5.41, 5.74) is 0.0867. The predicted molar refractivity (Wildman–Crippen MR) is 116 cm³/mol. The van der Waals surface area contributed by atoms with Crippen LogP contribution in [0.25, 0.3) is 0 Å². The van der Waals surface area contributed by atoms with Crippen molar-refractivity contribution in [2.45, 2.75) is 48.9 Å². The average Bonchev–Trinajstić information content (AvgIpc) is 2.79. The molecule has 2 aromatic carbocycles. The monoisotopic (exact) mass is 455 g/mol. The highest BCUT2D eigenvalue weighted by atomic mass is 32.2. The molecule has 0 radical (unpaired) electrons. The lowest BCUT2D eigenvalue weighted by atomic mass is 9.78. The maximum absolute atomic E-state index is 13.0. The Hall–Kier alpha value is -3.00. The summed E-state index contributed by atoms with van der Waals surface area (Å²) in [4.78, 5) is 37.2. The van der Waals surface area contributed by atoms with Crippen molar-refractivity contribution in [1.29, 1.82) is 0 Å². The Bertz CT molecular complexity index is 1200. The van der Waals surface area contributed by atoms with Crippen molar-refractivity contribution in [3.8, 4) is 0 Å². The molecule has 1 heterocycles. The molecule has 4 rings (SSSR count). The first kappa shape index (κ1) is 22.2. The van der Waals surface area contributed by atoms with Gasteiger partial charge in [-0.2, -0.15) is 0 Å². The molecule has 1 fully saturated rings. The summed E-state index contributed by atoms with van der Waals surface area (Å²) in [6.07, 6.45) is 3.07. The lowest BCUT2D eigenvalue weighted by molar-refractivity contribution is -0.125. The predicted octanol–water partition coefficient (Wildman–Crippen LogP) is 3.16. The number of hydrogen-bond acceptors (Lipinski definition) is 6. The number of sulfone groups is 1. The van der Waals surface area contributed by atoms with Gasteiger partial charge in [-0.3, -0.25) is 9.59 Å². The highest BCUT2D eigenvalue weighted by molar-refractivity contribution is 7.91. The van der Waals surface area contributed by atoms with Crippen LogP contribution in [0.15, 0.2) is 52.3 Å². The van der Waals surface area contributed by atoms with E-state index in [0.717, 1.165) is 25.3 Å². The Kier molecular flexibility index (Phi) is 5.90. The Labute approximate surface area is 187 Å². The molecule has 168 valence electrons. The van der Waals surface area contributed by atoms with Crippen molar-refractivity contribution in [1.82, 2.24) is 5.32 Å². The van der Waals surface area contributed by atoms with Crippen molar-refractivity contribution >= 4 is 27.5 Å². The van der Waals surface area contributed by atoms with Crippen LogP contribution in [0.4, 0.5) is 0 Å². The van der Waals surface area contributed by atoms with E-state index in [1.807, 2.05) is 0 Å². The van der Waals surface area contributed by atoms with Crippen LogP contribution in [0, 0.1) is 11.8 Å². The van der Waals surface area contributed by atoms with Gasteiger partial charge in [0.05, 0.1) is 15.4 Å². The second-order valence-corrected chi connectivity index (χ2v) is 10.4. The summed E-state index contributed by atoms with van der Waals surface area (Å²) < 4.78 is 31.1. The molecule has 1 aliphatic heterocycles. The van der Waals surface area contributed by atoms with Crippen LogP contribution in [-0.4, -0.2) is 38.7 Å². The maximum atomic E-state index is 13.0. The van der Waals surface area contributed by atoms with Crippen LogP contribution in [0.5, 0.6) is 0 Å². The topological polar surface area (TPSA) is 107 Å². The van der Waals surface area contributed by atoms with E-state index >= 15 is 0 Å². The van der Waals surface area contributed by atoms with Gasteiger partial charge in [0, 0.05) is 17.2 Å². The van der Waals surface area contributed by atoms with Gasteiger partial charge in [0.25, 0.3) is 5.91 Å². The smallest absolute Gasteiger partial charge is 0.338 e. The zero-order chi connectivity index (χ0) is 23.0. The van der Waals surface area contributed by atoms with E-state index in [9.17, 15) is 22.8 Å². The minimum absolute atomic E-state index is 0.0124. The second-order valence-electron chi connectivity index (χ2n) is 8.56. The third kappa shape index (κ3) is 3.95. The molecule has 1 saturated carbocycles. The quantitative estimate of drug-likeness (QED) is 0.606. The molecule has 3 atom stereocenters. The van der Waals surface area contributed by atoms with Gasteiger partial charge in [-0.15, -0.1) is 0 Å². The van der Waals surface area contributed by atoms with Crippen LogP contribution in [-0.2, 0) is 19.4 Å². The summed E-state index contributed by atoms with van der Waals surface area (Å²) in [7, 11) is -3.96. The number of carbonyl (C=O) groups excluding carboxylic acids is 3. The molecule has 2 aromatic rings. The Balaban J connectivity index is 1.47. The van der Waals surface area contributed by atoms with Crippen molar-refractivity contribution in [3.05, 3.63) is 59.2 Å². The Morgan fingerprint density at radius 3 is 2.53 bits per heavy atom. The largest absolute Gasteiger partial charge is 0.452 e. The van der Waals surface area contributed by atoms with E-state index in [4.69, 9.17) is 4.74 Å². The molecule has 0 bridgehead atoms. The molecule has 3 unspecified atom stereocenters. The molecular formula is C24H25NO6S. The number of carbonyl (C=O) groups is 3. The van der Waals surface area contributed by atoms with E-state index in [1.54, 1.807) is 12.1 Å². The van der Waals surface area contributed by atoms with Gasteiger partial charge in [0.1, 0.15) is 0 Å². The normalized spacial score (nSPS) is 23.6. The SMILES string of the molecule is CC1CCCC(NC(=O)COC(=O)c2ccc3c(c2)S(=O)(=O)c2ccccc2C3=O)C1C. The van der Waals surface area contributed by atoms with Crippen LogP contribution >= 0.6 is 0 Å². The molecule has 7 nitrogen and oxygen atoms in total. The first-order valence-corrected chi connectivity index (χ1v) is 12.2. The summed E-state index contributed by atoms with van der Waals surface area (Å²) in [6, 6.07) is 9.81. The molecule has 0 aromatic heterocycles. The number of hydrogen-bond donors (Lipinski definition) is 1.